The van der Waals surface area contributed by atoms with Gasteiger partial charge in [-0.15, -0.1) is 0 Å². The van der Waals surface area contributed by atoms with Crippen LogP contribution in [0.25, 0.3) is 0 Å². The van der Waals surface area contributed by atoms with E-state index in [4.69, 9.17) is 0 Å². The third-order valence-corrected chi connectivity index (χ3v) is 4.04. The van der Waals surface area contributed by atoms with Crippen molar-refractivity contribution in [3.63, 3.8) is 0 Å². The fourth-order valence-corrected chi connectivity index (χ4v) is 2.91. The van der Waals surface area contributed by atoms with E-state index in [1.54, 1.807) is 18.2 Å². The van der Waals surface area contributed by atoms with E-state index < -0.39 is 16.1 Å². The highest BCUT2D eigenvalue weighted by atomic mass is 32.2. The summed E-state index contributed by atoms with van der Waals surface area (Å²) in [7, 11) is -3.62. The van der Waals surface area contributed by atoms with Gasteiger partial charge in [0.15, 0.2) is 0 Å². The van der Waals surface area contributed by atoms with Gasteiger partial charge in [-0.3, -0.25) is 4.79 Å². The van der Waals surface area contributed by atoms with E-state index in [2.05, 4.69) is 4.72 Å². The fourth-order valence-electron chi connectivity index (χ4n) is 1.62. The van der Waals surface area contributed by atoms with Crippen LogP contribution in [0, 0.1) is 5.92 Å². The first-order valence-electron chi connectivity index (χ1n) is 5.90. The van der Waals surface area contributed by atoms with Crippen LogP contribution >= 0.6 is 0 Å². The summed E-state index contributed by atoms with van der Waals surface area (Å²) in [6.07, 6.45) is 0.501. The SMILES string of the molecule is CC(=O)[C@@H](CC(C)C)NS(=O)(=O)c1ccccc1. The Kier molecular flexibility index (Phi) is 5.04. The molecule has 0 unspecified atom stereocenters. The van der Waals surface area contributed by atoms with Crippen LogP contribution in [0.5, 0.6) is 0 Å². The first-order valence-corrected chi connectivity index (χ1v) is 7.39. The molecule has 5 heteroatoms. The third kappa shape index (κ3) is 4.23. The molecule has 4 nitrogen and oxygen atoms in total. The van der Waals surface area contributed by atoms with Gasteiger partial charge in [-0.2, -0.15) is 0 Å². The highest BCUT2D eigenvalue weighted by molar-refractivity contribution is 7.89. The molecule has 0 fully saturated rings. The number of carbonyl (C=O) groups is 1. The Morgan fingerprint density at radius 3 is 2.22 bits per heavy atom. The van der Waals surface area contributed by atoms with Crippen LogP contribution < -0.4 is 4.72 Å². The highest BCUT2D eigenvalue weighted by Crippen LogP contribution is 2.12. The predicted octanol–water partition coefficient (Wildman–Crippen LogP) is 1.97. The normalized spacial score (nSPS) is 13.6. The van der Waals surface area contributed by atoms with Gasteiger partial charge in [-0.25, -0.2) is 13.1 Å². The molecule has 0 aliphatic heterocycles. The lowest BCUT2D eigenvalue weighted by molar-refractivity contribution is -0.118. The van der Waals surface area contributed by atoms with Gasteiger partial charge in [0.1, 0.15) is 5.78 Å². The Morgan fingerprint density at radius 1 is 1.22 bits per heavy atom. The topological polar surface area (TPSA) is 63.2 Å². The Morgan fingerprint density at radius 2 is 1.78 bits per heavy atom. The van der Waals surface area contributed by atoms with Crippen LogP contribution in [0.15, 0.2) is 35.2 Å². The van der Waals surface area contributed by atoms with Crippen LogP contribution in [-0.2, 0) is 14.8 Å². The van der Waals surface area contributed by atoms with Crippen molar-refractivity contribution in [2.24, 2.45) is 5.92 Å². The second kappa shape index (κ2) is 6.11. The smallest absolute Gasteiger partial charge is 0.241 e. The minimum Gasteiger partial charge on any atom is -0.298 e. The number of rotatable bonds is 6. The summed E-state index contributed by atoms with van der Waals surface area (Å²) in [5, 5.41) is 0. The fraction of sp³-hybridized carbons (Fsp3) is 0.462. The molecule has 0 aromatic heterocycles. The molecule has 0 radical (unpaired) electrons. The molecule has 1 aromatic rings. The molecule has 0 aliphatic carbocycles. The monoisotopic (exact) mass is 269 g/mol. The first-order chi connectivity index (χ1) is 8.33. The zero-order valence-electron chi connectivity index (χ0n) is 10.9. The van der Waals surface area contributed by atoms with Crippen molar-refractivity contribution in [1.29, 1.82) is 0 Å². The van der Waals surface area contributed by atoms with Crippen LogP contribution in [0.2, 0.25) is 0 Å². The molecular formula is C13H19NO3S. The molecule has 1 rings (SSSR count). The van der Waals surface area contributed by atoms with Gasteiger partial charge < -0.3 is 0 Å². The summed E-state index contributed by atoms with van der Waals surface area (Å²) < 4.78 is 26.6. The first kappa shape index (κ1) is 14.9. The molecule has 18 heavy (non-hydrogen) atoms. The molecule has 0 saturated heterocycles. The van der Waals surface area contributed by atoms with Crippen LogP contribution in [0.3, 0.4) is 0 Å². The second-order valence-corrected chi connectivity index (χ2v) is 6.44. The third-order valence-electron chi connectivity index (χ3n) is 2.55. The van der Waals surface area contributed by atoms with E-state index in [1.165, 1.54) is 19.1 Å². The van der Waals surface area contributed by atoms with Gasteiger partial charge in [-0.1, -0.05) is 32.0 Å². The van der Waals surface area contributed by atoms with E-state index in [9.17, 15) is 13.2 Å². The maximum Gasteiger partial charge on any atom is 0.241 e. The number of nitrogens with one attached hydrogen (secondary N) is 1. The number of hydrogen-bond acceptors (Lipinski definition) is 3. The number of Topliss-reactive ketones (excluding diaryl/α,β-unsaturated/α-hetero) is 1. The molecule has 0 saturated carbocycles. The van der Waals surface area contributed by atoms with Gasteiger partial charge in [0, 0.05) is 0 Å². The van der Waals surface area contributed by atoms with Crippen molar-refractivity contribution in [3.8, 4) is 0 Å². The zero-order chi connectivity index (χ0) is 13.8. The Bertz CT molecular complexity index is 494. The van der Waals surface area contributed by atoms with Gasteiger partial charge in [0.25, 0.3) is 0 Å². The standard InChI is InChI=1S/C13H19NO3S/c1-10(2)9-13(11(3)15)14-18(16,17)12-7-5-4-6-8-12/h4-8,10,13-14H,9H2,1-3H3/t13-/m1/s1. The van der Waals surface area contributed by atoms with Crippen LogP contribution in [0.1, 0.15) is 27.2 Å². The van der Waals surface area contributed by atoms with E-state index in [0.717, 1.165) is 0 Å². The Labute approximate surface area is 108 Å². The summed E-state index contributed by atoms with van der Waals surface area (Å²) in [5.74, 6) is 0.0839. The van der Waals surface area contributed by atoms with Crippen molar-refractivity contribution >= 4 is 15.8 Å². The van der Waals surface area contributed by atoms with Crippen molar-refractivity contribution < 1.29 is 13.2 Å². The summed E-state index contributed by atoms with van der Waals surface area (Å²) in [6.45, 7) is 5.31. The minimum atomic E-state index is -3.62. The zero-order valence-corrected chi connectivity index (χ0v) is 11.7. The number of ketones is 1. The molecule has 0 aliphatic rings. The van der Waals surface area contributed by atoms with E-state index in [-0.39, 0.29) is 16.6 Å². The Hall–Kier alpha value is -1.20. The van der Waals surface area contributed by atoms with Crippen LogP contribution in [0.4, 0.5) is 0 Å². The molecule has 100 valence electrons. The van der Waals surface area contributed by atoms with Crippen molar-refractivity contribution in [2.75, 3.05) is 0 Å². The van der Waals surface area contributed by atoms with Gasteiger partial charge in [0.05, 0.1) is 10.9 Å². The van der Waals surface area contributed by atoms with Gasteiger partial charge >= 0.3 is 0 Å². The summed E-state index contributed by atoms with van der Waals surface area (Å²) >= 11 is 0. The summed E-state index contributed by atoms with van der Waals surface area (Å²) in [5.41, 5.74) is 0. The molecule has 0 heterocycles. The predicted molar refractivity (Wildman–Crippen MR) is 70.7 cm³/mol. The van der Waals surface area contributed by atoms with E-state index in [1.807, 2.05) is 13.8 Å². The molecule has 1 N–H and O–H groups in total. The quantitative estimate of drug-likeness (QED) is 0.858. The van der Waals surface area contributed by atoms with Crippen molar-refractivity contribution in [2.45, 2.75) is 38.1 Å². The average molecular weight is 269 g/mol. The molecule has 1 atom stereocenters. The highest BCUT2D eigenvalue weighted by Gasteiger charge is 2.23. The maximum atomic E-state index is 12.1. The Balaban J connectivity index is 2.90. The second-order valence-electron chi connectivity index (χ2n) is 4.73. The lowest BCUT2D eigenvalue weighted by Gasteiger charge is -2.17. The lowest BCUT2D eigenvalue weighted by Crippen LogP contribution is -2.40. The summed E-state index contributed by atoms with van der Waals surface area (Å²) in [4.78, 5) is 11.6. The molecule has 0 bridgehead atoms. The molecular weight excluding hydrogens is 250 g/mol. The maximum absolute atomic E-state index is 12.1. The largest absolute Gasteiger partial charge is 0.298 e. The molecule has 1 aromatic carbocycles. The molecule has 0 amide bonds. The molecule has 0 spiro atoms. The van der Waals surface area contributed by atoms with Crippen molar-refractivity contribution in [3.05, 3.63) is 30.3 Å². The number of carbonyl (C=O) groups excluding carboxylic acids is 1. The number of sulfonamides is 1. The number of benzene rings is 1. The van der Waals surface area contributed by atoms with Crippen molar-refractivity contribution in [1.82, 2.24) is 4.72 Å². The van der Waals surface area contributed by atoms with Gasteiger partial charge in [-0.05, 0) is 31.4 Å². The number of hydrogen-bond donors (Lipinski definition) is 1. The van der Waals surface area contributed by atoms with Gasteiger partial charge in [0.2, 0.25) is 10.0 Å². The van der Waals surface area contributed by atoms with E-state index in [0.29, 0.717) is 6.42 Å². The lowest BCUT2D eigenvalue weighted by atomic mass is 10.0. The average Bonchev–Trinajstić information content (AvgIpc) is 2.28. The van der Waals surface area contributed by atoms with Crippen LogP contribution in [-0.4, -0.2) is 20.2 Å². The van der Waals surface area contributed by atoms with E-state index >= 15 is 0 Å². The summed E-state index contributed by atoms with van der Waals surface area (Å²) in [6, 6.07) is 7.41. The minimum absolute atomic E-state index is 0.164.